The van der Waals surface area contributed by atoms with E-state index in [0.29, 0.717) is 0 Å². The quantitative estimate of drug-likeness (QED) is 0.880. The molecule has 19 heavy (non-hydrogen) atoms. The Morgan fingerprint density at radius 1 is 1.16 bits per heavy atom. The van der Waals surface area contributed by atoms with E-state index in [2.05, 4.69) is 5.32 Å². The molecule has 0 aliphatic carbocycles. The third kappa shape index (κ3) is 3.71. The summed E-state index contributed by atoms with van der Waals surface area (Å²) < 4.78 is 0. The van der Waals surface area contributed by atoms with Crippen molar-refractivity contribution in [1.29, 1.82) is 0 Å². The number of anilines is 1. The van der Waals surface area contributed by atoms with Crippen LogP contribution in [0.4, 0.5) is 10.5 Å². The van der Waals surface area contributed by atoms with Crippen LogP contribution >= 0.6 is 0 Å². The van der Waals surface area contributed by atoms with E-state index in [1.807, 2.05) is 32.0 Å². The molecule has 0 bridgehead atoms. The number of hydrogen-bond donors (Lipinski definition) is 2. The minimum atomic E-state index is -1.30. The van der Waals surface area contributed by atoms with Crippen LogP contribution in [0.2, 0.25) is 0 Å². The molecule has 0 heterocycles. The van der Waals surface area contributed by atoms with Crippen molar-refractivity contribution in [3.05, 3.63) is 29.3 Å². The summed E-state index contributed by atoms with van der Waals surface area (Å²) in [6.07, 6.45) is 0. The number of aryl methyl sites for hydroxylation is 2. The van der Waals surface area contributed by atoms with Crippen molar-refractivity contribution in [3.8, 4) is 0 Å². The number of carboxylic acid groups (broad SMARTS) is 1. The number of urea groups is 1. The Morgan fingerprint density at radius 2 is 1.63 bits per heavy atom. The SMILES string of the molecule is Cc1cc(C)cc(N(C)C(=O)NC(C)(C)C(=O)O)c1. The third-order valence-corrected chi connectivity index (χ3v) is 2.85. The number of benzene rings is 1. The normalized spacial score (nSPS) is 11.0. The zero-order chi connectivity index (χ0) is 14.8. The Balaban J connectivity index is 2.91. The molecule has 0 aromatic heterocycles. The van der Waals surface area contributed by atoms with E-state index in [1.165, 1.54) is 18.7 Å². The number of nitrogens with zero attached hydrogens (tertiary/aromatic N) is 1. The van der Waals surface area contributed by atoms with Crippen molar-refractivity contribution in [1.82, 2.24) is 5.32 Å². The monoisotopic (exact) mass is 264 g/mol. The second-order valence-electron chi connectivity index (χ2n) is 5.27. The molecule has 0 saturated carbocycles. The number of aliphatic carboxylic acids is 1. The standard InChI is InChI=1S/C14H20N2O3/c1-9-6-10(2)8-11(7-9)16(5)13(19)15-14(3,4)12(17)18/h6-8H,1-5H3,(H,15,19)(H,17,18). The molecule has 2 N–H and O–H groups in total. The molecule has 0 radical (unpaired) electrons. The van der Waals surface area contributed by atoms with Gasteiger partial charge in [0.1, 0.15) is 5.54 Å². The van der Waals surface area contributed by atoms with Crippen LogP contribution < -0.4 is 10.2 Å². The number of carboxylic acids is 1. The molecule has 0 spiro atoms. The minimum absolute atomic E-state index is 0.447. The molecular formula is C14H20N2O3. The lowest BCUT2D eigenvalue weighted by atomic mass is 10.1. The average molecular weight is 264 g/mol. The van der Waals surface area contributed by atoms with Gasteiger partial charge in [0.25, 0.3) is 0 Å². The summed E-state index contributed by atoms with van der Waals surface area (Å²) in [5, 5.41) is 11.5. The third-order valence-electron chi connectivity index (χ3n) is 2.85. The first-order valence-electron chi connectivity index (χ1n) is 6.01. The molecule has 1 rings (SSSR count). The average Bonchev–Trinajstić information content (AvgIpc) is 2.25. The Morgan fingerprint density at radius 3 is 2.05 bits per heavy atom. The fourth-order valence-electron chi connectivity index (χ4n) is 1.67. The lowest BCUT2D eigenvalue weighted by Crippen LogP contribution is -2.53. The maximum absolute atomic E-state index is 12.0. The van der Waals surface area contributed by atoms with Gasteiger partial charge >= 0.3 is 12.0 Å². The molecule has 5 heteroatoms. The van der Waals surface area contributed by atoms with Crippen LogP contribution in [0, 0.1) is 13.8 Å². The molecule has 0 aliphatic rings. The van der Waals surface area contributed by atoms with E-state index in [-0.39, 0.29) is 0 Å². The molecular weight excluding hydrogens is 244 g/mol. The summed E-state index contributed by atoms with van der Waals surface area (Å²) in [6.45, 7) is 6.79. The fourth-order valence-corrected chi connectivity index (χ4v) is 1.67. The van der Waals surface area contributed by atoms with E-state index in [9.17, 15) is 9.59 Å². The zero-order valence-electron chi connectivity index (χ0n) is 11.9. The van der Waals surface area contributed by atoms with Gasteiger partial charge in [0.15, 0.2) is 0 Å². The van der Waals surface area contributed by atoms with Gasteiger partial charge in [-0.05, 0) is 51.0 Å². The molecule has 0 saturated heterocycles. The van der Waals surface area contributed by atoms with E-state index in [4.69, 9.17) is 5.11 Å². The molecule has 0 unspecified atom stereocenters. The number of amides is 2. The highest BCUT2D eigenvalue weighted by Gasteiger charge is 2.30. The van der Waals surface area contributed by atoms with Gasteiger partial charge in [-0.25, -0.2) is 9.59 Å². The molecule has 1 aromatic carbocycles. The van der Waals surface area contributed by atoms with Crippen molar-refractivity contribution in [3.63, 3.8) is 0 Å². The van der Waals surface area contributed by atoms with Gasteiger partial charge in [0, 0.05) is 12.7 Å². The second-order valence-corrected chi connectivity index (χ2v) is 5.27. The van der Waals surface area contributed by atoms with Gasteiger partial charge in [0.2, 0.25) is 0 Å². The van der Waals surface area contributed by atoms with Crippen molar-refractivity contribution >= 4 is 17.7 Å². The topological polar surface area (TPSA) is 69.6 Å². The van der Waals surface area contributed by atoms with Gasteiger partial charge in [-0.1, -0.05) is 6.07 Å². The fraction of sp³-hybridized carbons (Fsp3) is 0.429. The number of nitrogens with one attached hydrogen (secondary N) is 1. The Labute approximate surface area is 113 Å². The number of carbonyl (C=O) groups is 2. The first-order chi connectivity index (χ1) is 8.63. The van der Waals surface area contributed by atoms with Gasteiger partial charge in [-0.15, -0.1) is 0 Å². The van der Waals surface area contributed by atoms with Gasteiger partial charge in [0.05, 0.1) is 0 Å². The molecule has 104 valence electrons. The molecule has 2 amide bonds. The minimum Gasteiger partial charge on any atom is -0.480 e. The summed E-state index contributed by atoms with van der Waals surface area (Å²) >= 11 is 0. The van der Waals surface area contributed by atoms with E-state index < -0.39 is 17.5 Å². The molecule has 0 atom stereocenters. The highest BCUT2D eigenvalue weighted by molar-refractivity contribution is 5.95. The largest absolute Gasteiger partial charge is 0.480 e. The lowest BCUT2D eigenvalue weighted by molar-refractivity contribution is -0.142. The van der Waals surface area contributed by atoms with Crippen molar-refractivity contribution in [2.45, 2.75) is 33.2 Å². The Bertz CT molecular complexity index is 489. The van der Waals surface area contributed by atoms with Crippen LogP contribution in [0.25, 0.3) is 0 Å². The highest BCUT2D eigenvalue weighted by atomic mass is 16.4. The Kier molecular flexibility index (Phi) is 4.19. The summed E-state index contributed by atoms with van der Waals surface area (Å²) in [4.78, 5) is 24.4. The van der Waals surface area contributed by atoms with Gasteiger partial charge < -0.3 is 10.4 Å². The van der Waals surface area contributed by atoms with Gasteiger partial charge in [-0.2, -0.15) is 0 Å². The number of hydrogen-bond acceptors (Lipinski definition) is 2. The lowest BCUT2D eigenvalue weighted by Gasteiger charge is -2.26. The summed E-state index contributed by atoms with van der Waals surface area (Å²) in [6, 6.07) is 5.31. The predicted octanol–water partition coefficient (Wildman–Crippen LogP) is 2.31. The first kappa shape index (κ1) is 15.0. The van der Waals surface area contributed by atoms with Crippen LogP contribution in [0.5, 0.6) is 0 Å². The molecule has 1 aromatic rings. The summed E-state index contributed by atoms with van der Waals surface area (Å²) in [7, 11) is 1.61. The van der Waals surface area contributed by atoms with E-state index >= 15 is 0 Å². The smallest absolute Gasteiger partial charge is 0.328 e. The Hall–Kier alpha value is -2.04. The van der Waals surface area contributed by atoms with Crippen molar-refractivity contribution in [2.75, 3.05) is 11.9 Å². The highest BCUT2D eigenvalue weighted by Crippen LogP contribution is 2.18. The molecule has 5 nitrogen and oxygen atoms in total. The van der Waals surface area contributed by atoms with E-state index in [1.54, 1.807) is 7.05 Å². The molecule has 0 fully saturated rings. The summed E-state index contributed by atoms with van der Waals surface area (Å²) in [5.74, 6) is -1.07. The maximum Gasteiger partial charge on any atom is 0.328 e. The van der Waals surface area contributed by atoms with Crippen LogP contribution in [0.1, 0.15) is 25.0 Å². The van der Waals surface area contributed by atoms with Crippen molar-refractivity contribution in [2.24, 2.45) is 0 Å². The maximum atomic E-state index is 12.0. The van der Waals surface area contributed by atoms with E-state index in [0.717, 1.165) is 16.8 Å². The van der Waals surface area contributed by atoms with Gasteiger partial charge in [-0.3, -0.25) is 4.90 Å². The second kappa shape index (κ2) is 5.30. The van der Waals surface area contributed by atoms with Crippen LogP contribution in [0.15, 0.2) is 18.2 Å². The van der Waals surface area contributed by atoms with Crippen molar-refractivity contribution < 1.29 is 14.7 Å². The number of rotatable bonds is 3. The number of carbonyl (C=O) groups excluding carboxylic acids is 1. The van der Waals surface area contributed by atoms with Crippen LogP contribution in [0.3, 0.4) is 0 Å². The zero-order valence-corrected chi connectivity index (χ0v) is 11.9. The predicted molar refractivity (Wildman–Crippen MR) is 74.6 cm³/mol. The summed E-state index contributed by atoms with van der Waals surface area (Å²) in [5.41, 5.74) is 1.53. The first-order valence-corrected chi connectivity index (χ1v) is 6.01. The van der Waals surface area contributed by atoms with Crippen LogP contribution in [-0.4, -0.2) is 29.7 Å². The van der Waals surface area contributed by atoms with Crippen LogP contribution in [-0.2, 0) is 4.79 Å². The molecule has 0 aliphatic heterocycles.